The van der Waals surface area contributed by atoms with Gasteiger partial charge >= 0.3 is 0 Å². The fourth-order valence-corrected chi connectivity index (χ4v) is 3.39. The predicted molar refractivity (Wildman–Crippen MR) is 79.2 cm³/mol. The normalized spacial score (nSPS) is 25.3. The largest absolute Gasteiger partial charge is 0.459 e. The Morgan fingerprint density at radius 3 is 2.90 bits per heavy atom. The van der Waals surface area contributed by atoms with Gasteiger partial charge in [-0.3, -0.25) is 4.79 Å². The summed E-state index contributed by atoms with van der Waals surface area (Å²) in [6.07, 6.45) is 6.03. The smallest absolute Gasteiger partial charge is 0.287 e. The van der Waals surface area contributed by atoms with Crippen LogP contribution in [0.5, 0.6) is 0 Å². The Labute approximate surface area is 125 Å². The highest BCUT2D eigenvalue weighted by atomic mass is 16.5. The summed E-state index contributed by atoms with van der Waals surface area (Å²) in [6, 6.07) is 3.39. The maximum Gasteiger partial charge on any atom is 0.287 e. The number of hydrogen-bond acceptors (Lipinski definition) is 4. The Hall–Kier alpha value is -1.33. The average Bonchev–Trinajstić information content (AvgIpc) is 3.16. The Kier molecular flexibility index (Phi) is 4.31. The van der Waals surface area contributed by atoms with Crippen molar-refractivity contribution in [2.75, 3.05) is 26.2 Å². The number of nitrogens with zero attached hydrogens (tertiary/aromatic N) is 1. The van der Waals surface area contributed by atoms with Crippen molar-refractivity contribution in [2.45, 2.75) is 44.3 Å². The van der Waals surface area contributed by atoms with Crippen molar-refractivity contribution in [3.63, 3.8) is 0 Å². The van der Waals surface area contributed by atoms with Crippen molar-refractivity contribution in [2.24, 2.45) is 0 Å². The van der Waals surface area contributed by atoms with Gasteiger partial charge in [0.15, 0.2) is 5.76 Å². The van der Waals surface area contributed by atoms with Gasteiger partial charge in [0.1, 0.15) is 0 Å². The van der Waals surface area contributed by atoms with E-state index in [9.17, 15) is 4.79 Å². The molecule has 0 aliphatic carbocycles. The summed E-state index contributed by atoms with van der Waals surface area (Å²) >= 11 is 0. The molecule has 1 unspecified atom stereocenters. The Bertz CT molecular complexity index is 464. The van der Waals surface area contributed by atoms with Crippen LogP contribution in [0.2, 0.25) is 0 Å². The number of hydrogen-bond donors (Lipinski definition) is 1. The first-order chi connectivity index (χ1) is 10.2. The molecule has 1 atom stereocenters. The van der Waals surface area contributed by atoms with Crippen LogP contribution >= 0.6 is 0 Å². The van der Waals surface area contributed by atoms with Gasteiger partial charge < -0.3 is 19.4 Å². The lowest BCUT2D eigenvalue weighted by Crippen LogP contribution is -2.45. The van der Waals surface area contributed by atoms with Crippen LogP contribution in [0.3, 0.4) is 0 Å². The van der Waals surface area contributed by atoms with E-state index in [0.717, 1.165) is 45.3 Å². The molecule has 2 aliphatic heterocycles. The molecule has 116 valence electrons. The second-order valence-electron chi connectivity index (χ2n) is 6.08. The minimum Gasteiger partial charge on any atom is -0.459 e. The quantitative estimate of drug-likeness (QED) is 0.922. The summed E-state index contributed by atoms with van der Waals surface area (Å²) in [4.78, 5) is 14.3. The molecule has 3 heterocycles. The second kappa shape index (κ2) is 6.20. The third kappa shape index (κ3) is 3.30. The van der Waals surface area contributed by atoms with Crippen molar-refractivity contribution in [1.82, 2.24) is 10.2 Å². The van der Waals surface area contributed by atoms with Crippen molar-refractivity contribution in [1.29, 1.82) is 0 Å². The van der Waals surface area contributed by atoms with Gasteiger partial charge in [-0.15, -0.1) is 0 Å². The molecule has 1 aromatic heterocycles. The van der Waals surface area contributed by atoms with E-state index in [2.05, 4.69) is 17.1 Å². The van der Waals surface area contributed by atoms with Gasteiger partial charge in [0.2, 0.25) is 0 Å². The van der Waals surface area contributed by atoms with E-state index in [4.69, 9.17) is 9.15 Å². The summed E-state index contributed by atoms with van der Waals surface area (Å²) in [6.45, 7) is 6.15. The molecule has 0 radical (unpaired) electrons. The summed E-state index contributed by atoms with van der Waals surface area (Å²) in [5, 5.41) is 2.90. The van der Waals surface area contributed by atoms with E-state index in [0.29, 0.717) is 12.3 Å². The highest BCUT2D eigenvalue weighted by molar-refractivity contribution is 5.91. The first-order valence-corrected chi connectivity index (χ1v) is 7.93. The zero-order chi connectivity index (χ0) is 14.7. The zero-order valence-electron chi connectivity index (χ0n) is 12.6. The zero-order valence-corrected chi connectivity index (χ0v) is 12.6. The maximum atomic E-state index is 11.8. The van der Waals surface area contributed by atoms with Gasteiger partial charge in [-0.2, -0.15) is 0 Å². The minimum absolute atomic E-state index is 0.0613. The Balaban J connectivity index is 1.46. The molecule has 5 heteroatoms. The highest BCUT2D eigenvalue weighted by Crippen LogP contribution is 2.38. The minimum atomic E-state index is -0.162. The molecule has 1 spiro atoms. The first-order valence-electron chi connectivity index (χ1n) is 7.93. The topological polar surface area (TPSA) is 54.7 Å². The first kappa shape index (κ1) is 14.6. The highest BCUT2D eigenvalue weighted by Gasteiger charge is 2.42. The molecular weight excluding hydrogens is 268 g/mol. The lowest BCUT2D eigenvalue weighted by Gasteiger charge is -2.38. The van der Waals surface area contributed by atoms with Gasteiger partial charge in [-0.05, 0) is 44.4 Å². The predicted octanol–water partition coefficient (Wildman–Crippen LogP) is 2.04. The van der Waals surface area contributed by atoms with Gasteiger partial charge in [0.05, 0.1) is 18.0 Å². The monoisotopic (exact) mass is 292 g/mol. The van der Waals surface area contributed by atoms with Crippen LogP contribution in [0.4, 0.5) is 0 Å². The molecule has 2 fully saturated rings. The van der Waals surface area contributed by atoms with Crippen LogP contribution in [0, 0.1) is 0 Å². The van der Waals surface area contributed by atoms with Crippen molar-refractivity contribution in [3.05, 3.63) is 24.2 Å². The molecule has 1 N–H and O–H groups in total. The standard InChI is InChI=1S/C16H24N2O3/c1-2-18-9-7-16(8-10-18)6-5-13(21-16)12-17-15(19)14-4-3-11-20-14/h3-4,11,13H,2,5-10,12H2,1H3,(H,17,19). The van der Waals surface area contributed by atoms with Crippen molar-refractivity contribution >= 4 is 5.91 Å². The lowest BCUT2D eigenvalue weighted by molar-refractivity contribution is -0.0748. The molecule has 0 aromatic carbocycles. The fraction of sp³-hybridized carbons (Fsp3) is 0.688. The van der Waals surface area contributed by atoms with Gasteiger partial charge in [-0.25, -0.2) is 0 Å². The average molecular weight is 292 g/mol. The molecule has 2 saturated heterocycles. The van der Waals surface area contributed by atoms with Gasteiger partial charge in [0.25, 0.3) is 5.91 Å². The number of likely N-dealkylation sites (tertiary alicyclic amines) is 1. The number of ether oxygens (including phenoxy) is 1. The molecule has 3 rings (SSSR count). The van der Waals surface area contributed by atoms with Crippen LogP contribution in [-0.2, 0) is 4.74 Å². The summed E-state index contributed by atoms with van der Waals surface area (Å²) < 4.78 is 11.4. The molecule has 21 heavy (non-hydrogen) atoms. The van der Waals surface area contributed by atoms with E-state index in [1.165, 1.54) is 6.26 Å². The van der Waals surface area contributed by atoms with Crippen LogP contribution in [-0.4, -0.2) is 48.7 Å². The number of rotatable bonds is 4. The maximum absolute atomic E-state index is 11.8. The van der Waals surface area contributed by atoms with Gasteiger partial charge in [0, 0.05) is 19.6 Å². The van der Waals surface area contributed by atoms with Crippen LogP contribution in [0.1, 0.15) is 43.2 Å². The number of carbonyl (C=O) groups is 1. The second-order valence-corrected chi connectivity index (χ2v) is 6.08. The number of carbonyl (C=O) groups excluding carboxylic acids is 1. The third-order valence-electron chi connectivity index (χ3n) is 4.79. The van der Waals surface area contributed by atoms with E-state index in [1.54, 1.807) is 12.1 Å². The summed E-state index contributed by atoms with van der Waals surface area (Å²) in [5.41, 5.74) is 0.0613. The molecule has 5 nitrogen and oxygen atoms in total. The molecule has 1 amide bonds. The number of amides is 1. The Morgan fingerprint density at radius 1 is 1.43 bits per heavy atom. The third-order valence-corrected chi connectivity index (χ3v) is 4.79. The van der Waals surface area contributed by atoms with Crippen molar-refractivity contribution < 1.29 is 13.9 Å². The number of piperidine rings is 1. The fourth-order valence-electron chi connectivity index (χ4n) is 3.39. The SMILES string of the molecule is CCN1CCC2(CCC(CNC(=O)c3ccco3)O2)CC1. The van der Waals surface area contributed by atoms with E-state index in [1.807, 2.05) is 0 Å². The van der Waals surface area contributed by atoms with Crippen LogP contribution in [0.25, 0.3) is 0 Å². The summed E-state index contributed by atoms with van der Waals surface area (Å²) in [7, 11) is 0. The van der Waals surface area contributed by atoms with Crippen LogP contribution < -0.4 is 5.32 Å². The number of nitrogens with one attached hydrogen (secondary N) is 1. The van der Waals surface area contributed by atoms with Gasteiger partial charge in [-0.1, -0.05) is 6.92 Å². The molecule has 0 bridgehead atoms. The Morgan fingerprint density at radius 2 is 2.24 bits per heavy atom. The van der Waals surface area contributed by atoms with E-state index in [-0.39, 0.29) is 17.6 Å². The lowest BCUT2D eigenvalue weighted by atomic mass is 9.88. The molecular formula is C16H24N2O3. The molecule has 2 aliphatic rings. The van der Waals surface area contributed by atoms with E-state index >= 15 is 0 Å². The van der Waals surface area contributed by atoms with E-state index < -0.39 is 0 Å². The van der Waals surface area contributed by atoms with Crippen LogP contribution in [0.15, 0.2) is 22.8 Å². The molecule has 1 aromatic rings. The number of furan rings is 1. The molecule has 0 saturated carbocycles. The summed E-state index contributed by atoms with van der Waals surface area (Å²) in [5.74, 6) is 0.198. The van der Waals surface area contributed by atoms with Crippen molar-refractivity contribution in [3.8, 4) is 0 Å².